The van der Waals surface area contributed by atoms with Gasteiger partial charge in [-0.05, 0) is 32.0 Å². The van der Waals surface area contributed by atoms with Crippen molar-refractivity contribution in [1.82, 2.24) is 10.3 Å². The zero-order valence-electron chi connectivity index (χ0n) is 9.09. The van der Waals surface area contributed by atoms with Crippen molar-refractivity contribution in [1.29, 1.82) is 0 Å². The highest BCUT2D eigenvalue weighted by Crippen LogP contribution is 2.33. The molecule has 0 spiro atoms. The van der Waals surface area contributed by atoms with Crippen LogP contribution in [0.5, 0.6) is 0 Å². The highest BCUT2D eigenvalue weighted by molar-refractivity contribution is 6.34. The minimum absolute atomic E-state index is 0.00233. The van der Waals surface area contributed by atoms with Crippen molar-refractivity contribution in [3.8, 4) is 0 Å². The van der Waals surface area contributed by atoms with Gasteiger partial charge in [0.05, 0.1) is 10.4 Å². The van der Waals surface area contributed by atoms with Crippen LogP contribution in [0.2, 0.25) is 5.02 Å². The van der Waals surface area contributed by atoms with E-state index in [4.69, 9.17) is 16.0 Å². The van der Waals surface area contributed by atoms with Crippen molar-refractivity contribution in [3.05, 3.63) is 29.1 Å². The Balaban J connectivity index is 2.15. The average Bonchev–Trinajstić information content (AvgIpc) is 2.85. The van der Waals surface area contributed by atoms with Gasteiger partial charge in [-0.15, -0.1) is 0 Å². The van der Waals surface area contributed by atoms with E-state index in [2.05, 4.69) is 17.2 Å². The zero-order chi connectivity index (χ0) is 11.2. The molecule has 1 saturated heterocycles. The van der Waals surface area contributed by atoms with Gasteiger partial charge < -0.3 is 9.73 Å². The predicted molar refractivity (Wildman–Crippen MR) is 63.9 cm³/mol. The summed E-state index contributed by atoms with van der Waals surface area (Å²) in [5.74, 6) is 0.792. The van der Waals surface area contributed by atoms with Gasteiger partial charge in [0.2, 0.25) is 5.89 Å². The Morgan fingerprint density at radius 1 is 1.50 bits per heavy atom. The predicted octanol–water partition coefficient (Wildman–Crippen LogP) is 2.73. The van der Waals surface area contributed by atoms with E-state index in [0.29, 0.717) is 10.6 Å². The molecule has 0 radical (unpaired) electrons. The quantitative estimate of drug-likeness (QED) is 0.828. The molecule has 0 amide bonds. The van der Waals surface area contributed by atoms with Gasteiger partial charge in [0.25, 0.3) is 0 Å². The maximum Gasteiger partial charge on any atom is 0.202 e. The van der Waals surface area contributed by atoms with Gasteiger partial charge in [0, 0.05) is 6.54 Å². The average molecular weight is 237 g/mol. The third kappa shape index (κ3) is 1.43. The molecule has 0 saturated carbocycles. The maximum absolute atomic E-state index is 6.07. The Bertz CT molecular complexity index is 529. The fraction of sp³-hybridized carbons (Fsp3) is 0.417. The normalized spacial score (nSPS) is 25.4. The van der Waals surface area contributed by atoms with Crippen LogP contribution in [-0.4, -0.2) is 18.1 Å². The summed E-state index contributed by atoms with van der Waals surface area (Å²) in [6.45, 7) is 4.10. The minimum Gasteiger partial charge on any atom is -0.438 e. The molecule has 1 N–H and O–H groups in total. The van der Waals surface area contributed by atoms with Crippen LogP contribution < -0.4 is 5.32 Å². The van der Waals surface area contributed by atoms with Crippen molar-refractivity contribution in [2.45, 2.75) is 18.8 Å². The molecule has 84 valence electrons. The molecule has 1 aliphatic rings. The number of hydrogen-bond acceptors (Lipinski definition) is 3. The van der Waals surface area contributed by atoms with Crippen molar-refractivity contribution in [2.24, 2.45) is 0 Å². The summed E-state index contributed by atoms with van der Waals surface area (Å²) in [6.07, 6.45) is 1.05. The molecule has 2 heterocycles. The molecule has 4 heteroatoms. The van der Waals surface area contributed by atoms with Crippen LogP contribution in [0.15, 0.2) is 22.6 Å². The molecule has 1 fully saturated rings. The van der Waals surface area contributed by atoms with Gasteiger partial charge in [-0.1, -0.05) is 17.7 Å². The van der Waals surface area contributed by atoms with E-state index >= 15 is 0 Å². The molecule has 1 atom stereocenters. The van der Waals surface area contributed by atoms with Crippen LogP contribution >= 0.6 is 11.6 Å². The van der Waals surface area contributed by atoms with Crippen LogP contribution in [0.3, 0.4) is 0 Å². The first-order valence-electron chi connectivity index (χ1n) is 5.45. The van der Waals surface area contributed by atoms with E-state index in [0.717, 1.165) is 30.9 Å². The van der Waals surface area contributed by atoms with E-state index in [1.165, 1.54) is 0 Å². The number of rotatable bonds is 1. The van der Waals surface area contributed by atoms with Crippen molar-refractivity contribution < 1.29 is 4.42 Å². The topological polar surface area (TPSA) is 38.1 Å². The number of aromatic nitrogens is 1. The fourth-order valence-electron chi connectivity index (χ4n) is 2.17. The van der Waals surface area contributed by atoms with Crippen LogP contribution in [0.1, 0.15) is 19.2 Å². The Labute approximate surface area is 98.8 Å². The molecule has 1 aromatic carbocycles. The molecule has 3 nitrogen and oxygen atoms in total. The van der Waals surface area contributed by atoms with Crippen LogP contribution in [0, 0.1) is 0 Å². The second kappa shape index (κ2) is 3.47. The molecule has 16 heavy (non-hydrogen) atoms. The van der Waals surface area contributed by atoms with Crippen molar-refractivity contribution in [3.63, 3.8) is 0 Å². The first-order valence-corrected chi connectivity index (χ1v) is 5.83. The van der Waals surface area contributed by atoms with Gasteiger partial charge in [0.1, 0.15) is 5.52 Å². The molecule has 1 unspecified atom stereocenters. The van der Waals surface area contributed by atoms with Crippen LogP contribution in [-0.2, 0) is 5.41 Å². The lowest BCUT2D eigenvalue weighted by atomic mass is 9.90. The number of halogens is 1. The van der Waals surface area contributed by atoms with Gasteiger partial charge in [-0.2, -0.15) is 0 Å². The molecule has 3 rings (SSSR count). The summed E-state index contributed by atoms with van der Waals surface area (Å²) in [6, 6.07) is 5.65. The summed E-state index contributed by atoms with van der Waals surface area (Å²) in [7, 11) is 0. The van der Waals surface area contributed by atoms with E-state index in [1.54, 1.807) is 0 Å². The van der Waals surface area contributed by atoms with Crippen molar-refractivity contribution >= 4 is 22.7 Å². The van der Waals surface area contributed by atoms with Gasteiger partial charge in [0.15, 0.2) is 5.58 Å². The van der Waals surface area contributed by atoms with E-state index in [-0.39, 0.29) is 5.41 Å². The first-order chi connectivity index (χ1) is 7.69. The number of fused-ring (bicyclic) bond motifs is 1. The fourth-order valence-corrected chi connectivity index (χ4v) is 2.38. The summed E-state index contributed by atoms with van der Waals surface area (Å²) in [4.78, 5) is 4.54. The third-order valence-corrected chi connectivity index (χ3v) is 3.55. The van der Waals surface area contributed by atoms with Crippen molar-refractivity contribution in [2.75, 3.05) is 13.1 Å². The molecule has 1 aliphatic heterocycles. The van der Waals surface area contributed by atoms with Gasteiger partial charge >= 0.3 is 0 Å². The number of benzene rings is 1. The number of hydrogen-bond donors (Lipinski definition) is 1. The zero-order valence-corrected chi connectivity index (χ0v) is 9.84. The Morgan fingerprint density at radius 3 is 3.06 bits per heavy atom. The minimum atomic E-state index is 0.00233. The summed E-state index contributed by atoms with van der Waals surface area (Å²) in [5.41, 5.74) is 1.55. The molecule has 1 aromatic heterocycles. The smallest absolute Gasteiger partial charge is 0.202 e. The second-order valence-electron chi connectivity index (χ2n) is 4.59. The van der Waals surface area contributed by atoms with E-state index in [1.807, 2.05) is 18.2 Å². The Morgan fingerprint density at radius 2 is 2.38 bits per heavy atom. The van der Waals surface area contributed by atoms with Gasteiger partial charge in [-0.25, -0.2) is 4.98 Å². The number of nitrogens with one attached hydrogen (secondary N) is 1. The summed E-state index contributed by atoms with van der Waals surface area (Å²) in [5, 5.41) is 3.97. The van der Waals surface area contributed by atoms with Gasteiger partial charge in [-0.3, -0.25) is 0 Å². The largest absolute Gasteiger partial charge is 0.438 e. The molecule has 0 aliphatic carbocycles. The molecule has 2 aromatic rings. The van der Waals surface area contributed by atoms with E-state index in [9.17, 15) is 0 Å². The summed E-state index contributed by atoms with van der Waals surface area (Å²) >= 11 is 6.07. The standard InChI is InChI=1S/C12H13ClN2O/c1-12(5-6-14-7-12)11-15-9-4-2-3-8(13)10(9)16-11/h2-4,14H,5-7H2,1H3. The van der Waals surface area contributed by atoms with Crippen LogP contribution in [0.4, 0.5) is 0 Å². The second-order valence-corrected chi connectivity index (χ2v) is 5.00. The molecular weight excluding hydrogens is 224 g/mol. The number of nitrogens with zero attached hydrogens (tertiary/aromatic N) is 1. The number of para-hydroxylation sites is 1. The Kier molecular flexibility index (Phi) is 2.19. The lowest BCUT2D eigenvalue weighted by Crippen LogP contribution is -2.25. The maximum atomic E-state index is 6.07. The van der Waals surface area contributed by atoms with E-state index < -0.39 is 0 Å². The number of oxazole rings is 1. The summed E-state index contributed by atoms with van der Waals surface area (Å²) < 4.78 is 5.80. The third-order valence-electron chi connectivity index (χ3n) is 3.25. The molecule has 0 bridgehead atoms. The lowest BCUT2D eigenvalue weighted by molar-refractivity contribution is 0.382. The highest BCUT2D eigenvalue weighted by Gasteiger charge is 2.35. The Hall–Kier alpha value is -1.06. The lowest BCUT2D eigenvalue weighted by Gasteiger charge is -2.17. The highest BCUT2D eigenvalue weighted by atomic mass is 35.5. The first kappa shape index (κ1) is 10.1. The monoisotopic (exact) mass is 236 g/mol. The van der Waals surface area contributed by atoms with Crippen LogP contribution in [0.25, 0.3) is 11.1 Å². The molecular formula is C12H13ClN2O. The SMILES string of the molecule is CC1(c2nc3cccc(Cl)c3o2)CCNC1.